The molecule has 0 saturated heterocycles. The van der Waals surface area contributed by atoms with Gasteiger partial charge in [0.05, 0.1) is 18.7 Å². The van der Waals surface area contributed by atoms with Gasteiger partial charge in [0, 0.05) is 23.2 Å². The zero-order chi connectivity index (χ0) is 13.2. The Bertz CT molecular complexity index is 574. The summed E-state index contributed by atoms with van der Waals surface area (Å²) < 4.78 is 1.92. The fourth-order valence-corrected chi connectivity index (χ4v) is 3.38. The molecule has 5 heteroatoms. The summed E-state index contributed by atoms with van der Waals surface area (Å²) in [6, 6.07) is 4.11. The molecule has 1 atom stereocenters. The quantitative estimate of drug-likeness (QED) is 0.933. The number of carbonyl (C=O) groups is 1. The highest BCUT2D eigenvalue weighted by molar-refractivity contribution is 7.10. The molecular formula is C14H17N3OS. The van der Waals surface area contributed by atoms with Gasteiger partial charge in [-0.05, 0) is 30.7 Å². The lowest BCUT2D eigenvalue weighted by Gasteiger charge is -2.23. The van der Waals surface area contributed by atoms with Crippen LogP contribution in [0, 0.1) is 0 Å². The van der Waals surface area contributed by atoms with Crippen LogP contribution in [0.4, 0.5) is 0 Å². The summed E-state index contributed by atoms with van der Waals surface area (Å²) in [6.07, 6.45) is 5.54. The van der Waals surface area contributed by atoms with E-state index in [0.717, 1.165) is 24.1 Å². The number of nitrogens with one attached hydrogen (secondary N) is 1. The average molecular weight is 275 g/mol. The van der Waals surface area contributed by atoms with Crippen LogP contribution >= 0.6 is 11.3 Å². The van der Waals surface area contributed by atoms with Crippen LogP contribution in [0.25, 0.3) is 0 Å². The third kappa shape index (κ3) is 2.56. The van der Waals surface area contributed by atoms with Gasteiger partial charge in [0.15, 0.2) is 0 Å². The number of carbonyl (C=O) groups excluding carboxylic acids is 1. The Kier molecular flexibility index (Phi) is 3.38. The van der Waals surface area contributed by atoms with Crippen LogP contribution in [0.2, 0.25) is 0 Å². The van der Waals surface area contributed by atoms with Gasteiger partial charge in [0.2, 0.25) is 5.91 Å². The van der Waals surface area contributed by atoms with Crippen molar-refractivity contribution in [3.05, 3.63) is 39.8 Å². The molecule has 1 amide bonds. The first kappa shape index (κ1) is 12.4. The van der Waals surface area contributed by atoms with Crippen molar-refractivity contribution in [2.45, 2.75) is 31.7 Å². The Morgan fingerprint density at radius 3 is 3.32 bits per heavy atom. The summed E-state index contributed by atoms with van der Waals surface area (Å²) in [5.41, 5.74) is 2.45. The SMILES string of the molecule is Cn1ncc2c1CCC[C@H]2NC(=O)Cc1cccs1. The van der Waals surface area contributed by atoms with E-state index < -0.39 is 0 Å². The Balaban J connectivity index is 1.69. The minimum Gasteiger partial charge on any atom is -0.349 e. The summed E-state index contributed by atoms with van der Waals surface area (Å²) in [6.45, 7) is 0. The zero-order valence-corrected chi connectivity index (χ0v) is 11.7. The van der Waals surface area contributed by atoms with Crippen LogP contribution in [-0.2, 0) is 24.7 Å². The topological polar surface area (TPSA) is 46.9 Å². The summed E-state index contributed by atoms with van der Waals surface area (Å²) >= 11 is 1.63. The summed E-state index contributed by atoms with van der Waals surface area (Å²) in [5, 5.41) is 9.44. The number of rotatable bonds is 3. The first-order valence-electron chi connectivity index (χ1n) is 6.56. The van der Waals surface area contributed by atoms with Gasteiger partial charge >= 0.3 is 0 Å². The van der Waals surface area contributed by atoms with Crippen molar-refractivity contribution in [2.75, 3.05) is 0 Å². The maximum absolute atomic E-state index is 12.1. The maximum Gasteiger partial charge on any atom is 0.225 e. The Morgan fingerprint density at radius 1 is 1.63 bits per heavy atom. The number of nitrogens with zero attached hydrogens (tertiary/aromatic N) is 2. The summed E-state index contributed by atoms with van der Waals surface area (Å²) in [5.74, 6) is 0.101. The van der Waals surface area contributed by atoms with E-state index in [2.05, 4.69) is 10.4 Å². The molecule has 0 fully saturated rings. The van der Waals surface area contributed by atoms with Crippen LogP contribution in [0.1, 0.15) is 35.0 Å². The molecule has 2 aromatic rings. The molecule has 0 bridgehead atoms. The molecule has 0 saturated carbocycles. The van der Waals surface area contributed by atoms with Crippen molar-refractivity contribution in [3.8, 4) is 0 Å². The van der Waals surface area contributed by atoms with Gasteiger partial charge in [0.25, 0.3) is 0 Å². The minimum absolute atomic E-state index is 0.101. The molecule has 4 nitrogen and oxygen atoms in total. The van der Waals surface area contributed by atoms with E-state index in [0.29, 0.717) is 6.42 Å². The predicted octanol–water partition coefficient (Wildman–Crippen LogP) is 2.22. The average Bonchev–Trinajstić information content (AvgIpc) is 3.01. The number of aryl methyl sites for hydroxylation is 1. The highest BCUT2D eigenvalue weighted by atomic mass is 32.1. The smallest absolute Gasteiger partial charge is 0.225 e. The number of hydrogen-bond acceptors (Lipinski definition) is 3. The van der Waals surface area contributed by atoms with E-state index in [9.17, 15) is 4.79 Å². The van der Waals surface area contributed by atoms with Crippen LogP contribution in [0.3, 0.4) is 0 Å². The van der Waals surface area contributed by atoms with Crippen molar-refractivity contribution in [1.29, 1.82) is 0 Å². The Morgan fingerprint density at radius 2 is 2.53 bits per heavy atom. The Labute approximate surface area is 116 Å². The molecule has 100 valence electrons. The van der Waals surface area contributed by atoms with Crippen molar-refractivity contribution in [2.24, 2.45) is 7.05 Å². The predicted molar refractivity (Wildman–Crippen MR) is 75.1 cm³/mol. The van der Waals surface area contributed by atoms with Crippen LogP contribution in [0.5, 0.6) is 0 Å². The first-order valence-corrected chi connectivity index (χ1v) is 7.44. The van der Waals surface area contributed by atoms with E-state index in [1.54, 1.807) is 11.3 Å². The van der Waals surface area contributed by atoms with Gasteiger partial charge in [-0.3, -0.25) is 9.48 Å². The third-order valence-corrected chi connectivity index (χ3v) is 4.50. The molecule has 19 heavy (non-hydrogen) atoms. The van der Waals surface area contributed by atoms with Gasteiger partial charge in [-0.25, -0.2) is 0 Å². The van der Waals surface area contributed by atoms with Crippen molar-refractivity contribution < 1.29 is 4.79 Å². The van der Waals surface area contributed by atoms with E-state index in [4.69, 9.17) is 0 Å². The van der Waals surface area contributed by atoms with Gasteiger partial charge in [0.1, 0.15) is 0 Å². The molecule has 0 aromatic carbocycles. The number of thiophene rings is 1. The number of hydrogen-bond donors (Lipinski definition) is 1. The molecule has 0 spiro atoms. The van der Waals surface area contributed by atoms with Crippen LogP contribution < -0.4 is 5.32 Å². The second-order valence-electron chi connectivity index (χ2n) is 4.94. The van der Waals surface area contributed by atoms with Crippen molar-refractivity contribution in [3.63, 3.8) is 0 Å². The van der Waals surface area contributed by atoms with Gasteiger partial charge in [-0.1, -0.05) is 6.07 Å². The van der Waals surface area contributed by atoms with E-state index in [1.165, 1.54) is 11.3 Å². The molecule has 1 aliphatic carbocycles. The second-order valence-corrected chi connectivity index (χ2v) is 5.97. The molecule has 1 aliphatic rings. The highest BCUT2D eigenvalue weighted by Crippen LogP contribution is 2.29. The highest BCUT2D eigenvalue weighted by Gasteiger charge is 2.24. The molecule has 3 rings (SSSR count). The van der Waals surface area contributed by atoms with Crippen molar-refractivity contribution >= 4 is 17.2 Å². The molecule has 2 aromatic heterocycles. The van der Waals surface area contributed by atoms with E-state index >= 15 is 0 Å². The molecule has 1 N–H and O–H groups in total. The number of aromatic nitrogens is 2. The minimum atomic E-state index is 0.101. The lowest BCUT2D eigenvalue weighted by atomic mass is 9.93. The van der Waals surface area contributed by atoms with Gasteiger partial charge in [-0.15, -0.1) is 11.3 Å². The Hall–Kier alpha value is -1.62. The normalized spacial score (nSPS) is 18.1. The lowest BCUT2D eigenvalue weighted by Crippen LogP contribution is -2.31. The van der Waals surface area contributed by atoms with Crippen LogP contribution in [-0.4, -0.2) is 15.7 Å². The number of fused-ring (bicyclic) bond motifs is 1. The largest absolute Gasteiger partial charge is 0.349 e. The van der Waals surface area contributed by atoms with E-state index in [-0.39, 0.29) is 11.9 Å². The second kappa shape index (κ2) is 5.17. The number of amides is 1. The zero-order valence-electron chi connectivity index (χ0n) is 10.9. The summed E-state index contributed by atoms with van der Waals surface area (Å²) in [7, 11) is 1.97. The molecule has 2 heterocycles. The van der Waals surface area contributed by atoms with Gasteiger partial charge < -0.3 is 5.32 Å². The third-order valence-electron chi connectivity index (χ3n) is 3.63. The maximum atomic E-state index is 12.1. The van der Waals surface area contributed by atoms with E-state index in [1.807, 2.05) is 35.4 Å². The van der Waals surface area contributed by atoms with Crippen molar-refractivity contribution in [1.82, 2.24) is 15.1 Å². The summed E-state index contributed by atoms with van der Waals surface area (Å²) in [4.78, 5) is 13.2. The first-order chi connectivity index (χ1) is 9.24. The molecule has 0 radical (unpaired) electrons. The van der Waals surface area contributed by atoms with Crippen LogP contribution in [0.15, 0.2) is 23.7 Å². The standard InChI is InChI=1S/C14H17N3OS/c1-17-13-6-2-5-12(11(13)9-15-17)16-14(18)8-10-4-3-7-19-10/h3-4,7,9,12H,2,5-6,8H2,1H3,(H,16,18)/t12-/m1/s1. The lowest BCUT2D eigenvalue weighted by molar-refractivity contribution is -0.121. The van der Waals surface area contributed by atoms with Gasteiger partial charge in [-0.2, -0.15) is 5.10 Å². The fourth-order valence-electron chi connectivity index (χ4n) is 2.67. The molecule has 0 aliphatic heterocycles. The monoisotopic (exact) mass is 275 g/mol. The molecular weight excluding hydrogens is 258 g/mol. The molecule has 0 unspecified atom stereocenters. The fraction of sp³-hybridized carbons (Fsp3) is 0.429.